The first-order valence-electron chi connectivity index (χ1n) is 12.8. The van der Waals surface area contributed by atoms with Gasteiger partial charge in [-0.2, -0.15) is 0 Å². The van der Waals surface area contributed by atoms with Crippen molar-refractivity contribution in [2.75, 3.05) is 28.4 Å². The van der Waals surface area contributed by atoms with E-state index in [1.165, 1.54) is 13.0 Å². The molecule has 0 aromatic heterocycles. The second-order valence-corrected chi connectivity index (χ2v) is 9.48. The van der Waals surface area contributed by atoms with E-state index in [0.717, 1.165) is 24.8 Å². The first-order valence-corrected chi connectivity index (χ1v) is 12.8. The first kappa shape index (κ1) is 32.6. The Bertz CT molecular complexity index is 887. The molecule has 0 fully saturated rings. The number of Topliss-reactive ketones (excluding diaryl/α,β-unsaturated/α-hetero) is 1. The maximum Gasteiger partial charge on any atom is 0.251 e. The number of hydrogen-bond acceptors (Lipinski definition) is 7. The lowest BCUT2D eigenvalue weighted by molar-refractivity contribution is -0.123. The quantitative estimate of drug-likeness (QED) is 0.428. The van der Waals surface area contributed by atoms with Crippen LogP contribution in [0.5, 0.6) is 0 Å². The van der Waals surface area contributed by atoms with Crippen LogP contribution in [0.4, 0.5) is 0 Å². The number of ether oxygens (including phenoxy) is 4. The Morgan fingerprint density at radius 3 is 2.19 bits per heavy atom. The number of methoxy groups -OCH3 is 4. The normalized spacial score (nSPS) is 32.5. The molecule has 8 nitrogen and oxygen atoms in total. The zero-order chi connectivity index (χ0) is 28.0. The predicted octanol–water partition coefficient (Wildman–Crippen LogP) is 4.25. The van der Waals surface area contributed by atoms with Crippen LogP contribution in [0.15, 0.2) is 47.2 Å². The van der Waals surface area contributed by atoms with Crippen molar-refractivity contribution in [1.29, 1.82) is 0 Å². The molecule has 0 aromatic carbocycles. The monoisotopic (exact) mass is 519 g/mol. The van der Waals surface area contributed by atoms with Crippen LogP contribution in [0.25, 0.3) is 0 Å². The van der Waals surface area contributed by atoms with Gasteiger partial charge in [0, 0.05) is 46.0 Å². The standard InChI is InChI=1S/C29H45NO7/c1-19-12-9-15-24(34-5)25(35-6)16-10-13-20(2)28(37-8)26(36-7)17-11-14-21(3)29(33)30-23(27(19)32)18-22(4)31/h11,13-14,17-19,24-26,28H,9-10,12,15-16H2,1-8H3,(H,30,33)/b17-11-,20-13+,21-14+,23-18+. The van der Waals surface area contributed by atoms with Gasteiger partial charge in [0.15, 0.2) is 11.6 Å². The number of carbonyl (C=O) groups excluding carboxylic acids is 3. The fourth-order valence-electron chi connectivity index (χ4n) is 4.38. The molecule has 37 heavy (non-hydrogen) atoms. The van der Waals surface area contributed by atoms with E-state index in [-0.39, 0.29) is 47.6 Å². The Balaban J connectivity index is 3.37. The predicted molar refractivity (Wildman–Crippen MR) is 144 cm³/mol. The molecule has 0 aromatic rings. The summed E-state index contributed by atoms with van der Waals surface area (Å²) in [4.78, 5) is 37.7. The van der Waals surface area contributed by atoms with Gasteiger partial charge < -0.3 is 24.3 Å². The molecule has 1 amide bonds. The minimum atomic E-state index is -0.456. The van der Waals surface area contributed by atoms with Gasteiger partial charge in [0.1, 0.15) is 12.2 Å². The summed E-state index contributed by atoms with van der Waals surface area (Å²) in [5.74, 6) is -1.42. The maximum atomic E-state index is 13.1. The van der Waals surface area contributed by atoms with Crippen LogP contribution in [-0.2, 0) is 33.3 Å². The molecule has 0 saturated heterocycles. The molecule has 8 heteroatoms. The highest BCUT2D eigenvalue weighted by atomic mass is 16.5. The Hall–Kier alpha value is -2.39. The Morgan fingerprint density at radius 1 is 0.973 bits per heavy atom. The first-order chi connectivity index (χ1) is 17.6. The highest BCUT2D eigenvalue weighted by Gasteiger charge is 2.25. The molecule has 5 unspecified atom stereocenters. The average Bonchev–Trinajstić information content (AvgIpc) is 2.87. The summed E-state index contributed by atoms with van der Waals surface area (Å²) in [6.07, 6.45) is 11.2. The Kier molecular flexibility index (Phi) is 15.2. The molecule has 0 radical (unpaired) electrons. The van der Waals surface area contributed by atoms with Gasteiger partial charge in [0.05, 0.1) is 17.9 Å². The third kappa shape index (κ3) is 10.9. The van der Waals surface area contributed by atoms with Gasteiger partial charge in [0.2, 0.25) is 0 Å². The lowest BCUT2D eigenvalue weighted by Crippen LogP contribution is -2.32. The molecule has 208 valence electrons. The van der Waals surface area contributed by atoms with E-state index >= 15 is 0 Å². The van der Waals surface area contributed by atoms with Crippen molar-refractivity contribution < 1.29 is 33.3 Å². The molecule has 0 spiro atoms. The number of hydrogen-bond donors (Lipinski definition) is 1. The van der Waals surface area contributed by atoms with Crippen molar-refractivity contribution in [3.8, 4) is 0 Å². The summed E-state index contributed by atoms with van der Waals surface area (Å²) in [5.41, 5.74) is 1.41. The van der Waals surface area contributed by atoms with Gasteiger partial charge in [-0.25, -0.2) is 0 Å². The molecule has 1 aliphatic rings. The Labute approximate surface area is 222 Å². The van der Waals surface area contributed by atoms with Gasteiger partial charge in [-0.05, 0) is 52.0 Å². The second kappa shape index (κ2) is 17.2. The summed E-state index contributed by atoms with van der Waals surface area (Å²) in [5, 5.41) is 2.63. The summed E-state index contributed by atoms with van der Waals surface area (Å²) in [6, 6.07) is 0. The lowest BCUT2D eigenvalue weighted by Gasteiger charge is -2.26. The molecular formula is C29H45NO7. The third-order valence-corrected chi connectivity index (χ3v) is 6.65. The minimum absolute atomic E-state index is 0.00386. The van der Waals surface area contributed by atoms with Crippen molar-refractivity contribution in [2.24, 2.45) is 5.92 Å². The topological polar surface area (TPSA) is 100 Å². The van der Waals surface area contributed by atoms with Crippen LogP contribution >= 0.6 is 0 Å². The third-order valence-electron chi connectivity index (χ3n) is 6.65. The Morgan fingerprint density at radius 2 is 1.62 bits per heavy atom. The van der Waals surface area contributed by atoms with E-state index in [1.54, 1.807) is 54.4 Å². The van der Waals surface area contributed by atoms with Crippen molar-refractivity contribution in [3.05, 3.63) is 47.2 Å². The van der Waals surface area contributed by atoms with Crippen LogP contribution in [0, 0.1) is 5.92 Å². The van der Waals surface area contributed by atoms with Crippen molar-refractivity contribution in [1.82, 2.24) is 5.32 Å². The molecule has 1 heterocycles. The average molecular weight is 520 g/mol. The summed E-state index contributed by atoms with van der Waals surface area (Å²) >= 11 is 0. The van der Waals surface area contributed by atoms with E-state index in [2.05, 4.69) is 11.4 Å². The largest absolute Gasteiger partial charge is 0.379 e. The summed E-state index contributed by atoms with van der Waals surface area (Å²) < 4.78 is 22.8. The molecule has 5 atom stereocenters. The lowest BCUT2D eigenvalue weighted by atomic mass is 9.94. The maximum absolute atomic E-state index is 13.1. The van der Waals surface area contributed by atoms with Crippen LogP contribution < -0.4 is 5.32 Å². The van der Waals surface area contributed by atoms with Crippen LogP contribution in [0.2, 0.25) is 0 Å². The van der Waals surface area contributed by atoms with E-state index in [9.17, 15) is 14.4 Å². The number of nitrogens with one attached hydrogen (secondary N) is 1. The van der Waals surface area contributed by atoms with E-state index < -0.39 is 5.91 Å². The van der Waals surface area contributed by atoms with Crippen LogP contribution in [0.1, 0.15) is 59.8 Å². The highest BCUT2D eigenvalue weighted by Crippen LogP contribution is 2.21. The SMILES string of the molecule is COC1/C=C\C=C(/C)C(=O)N/C(=C/C(C)=O)C(=O)C(C)CCCC(OC)C(OC)CC/C=C(\C)C1OC. The minimum Gasteiger partial charge on any atom is -0.379 e. The molecule has 1 rings (SSSR count). The van der Waals surface area contributed by atoms with Gasteiger partial charge in [0.25, 0.3) is 5.91 Å². The van der Waals surface area contributed by atoms with Gasteiger partial charge in [-0.15, -0.1) is 0 Å². The van der Waals surface area contributed by atoms with E-state index in [4.69, 9.17) is 18.9 Å². The van der Waals surface area contributed by atoms with Crippen LogP contribution in [0.3, 0.4) is 0 Å². The van der Waals surface area contributed by atoms with E-state index in [0.29, 0.717) is 18.4 Å². The number of rotatable bonds is 5. The highest BCUT2D eigenvalue weighted by molar-refractivity contribution is 6.07. The molecule has 1 aliphatic heterocycles. The number of allylic oxidation sites excluding steroid dienone is 5. The fraction of sp³-hybridized carbons (Fsp3) is 0.621. The fourth-order valence-corrected chi connectivity index (χ4v) is 4.38. The van der Waals surface area contributed by atoms with Crippen molar-refractivity contribution in [3.63, 3.8) is 0 Å². The number of carbonyl (C=O) groups is 3. The van der Waals surface area contributed by atoms with Gasteiger partial charge >= 0.3 is 0 Å². The molecule has 0 bridgehead atoms. The number of ketones is 2. The molecule has 0 aliphatic carbocycles. The molecule has 1 N–H and O–H groups in total. The van der Waals surface area contributed by atoms with Gasteiger partial charge in [-0.3, -0.25) is 14.4 Å². The van der Waals surface area contributed by atoms with Crippen molar-refractivity contribution >= 4 is 17.5 Å². The summed E-state index contributed by atoms with van der Waals surface area (Å²) in [7, 11) is 6.58. The summed E-state index contributed by atoms with van der Waals surface area (Å²) in [6.45, 7) is 6.80. The van der Waals surface area contributed by atoms with Crippen molar-refractivity contribution in [2.45, 2.75) is 84.2 Å². The smallest absolute Gasteiger partial charge is 0.251 e. The van der Waals surface area contributed by atoms with Gasteiger partial charge in [-0.1, -0.05) is 37.6 Å². The molecule has 0 saturated carbocycles. The van der Waals surface area contributed by atoms with Crippen LogP contribution in [-0.4, -0.2) is 70.3 Å². The van der Waals surface area contributed by atoms with E-state index in [1.807, 2.05) is 13.0 Å². The zero-order valence-corrected chi connectivity index (χ0v) is 23.7. The number of amides is 1. The second-order valence-electron chi connectivity index (χ2n) is 9.48. The zero-order valence-electron chi connectivity index (χ0n) is 23.7. The molecular weight excluding hydrogens is 474 g/mol.